The first-order chi connectivity index (χ1) is 22.2. The van der Waals surface area contributed by atoms with Gasteiger partial charge in [0.15, 0.2) is 5.78 Å². The zero-order chi connectivity index (χ0) is 33.8. The highest BCUT2D eigenvalue weighted by molar-refractivity contribution is 7.85. The lowest BCUT2D eigenvalue weighted by atomic mass is 9.85. The molecule has 1 amide bonds. The summed E-state index contributed by atoms with van der Waals surface area (Å²) >= 11 is 0. The van der Waals surface area contributed by atoms with Gasteiger partial charge in [-0.25, -0.2) is 4.39 Å². The largest absolute Gasteiger partial charge is 0.456 e. The molecule has 9 heteroatoms. The average molecular weight is 656 g/mol. The number of Topliss-reactive ketones (excluding diaryl/α,β-unsaturated/α-hetero) is 1. The number of amides is 1. The van der Waals surface area contributed by atoms with Crippen LogP contribution < -0.4 is 5.32 Å². The number of carbonyl (C=O) groups is 2. The van der Waals surface area contributed by atoms with Gasteiger partial charge in [0.05, 0.1) is 11.4 Å². The second-order valence-corrected chi connectivity index (χ2v) is 14.5. The summed E-state index contributed by atoms with van der Waals surface area (Å²) in [4.78, 5) is 26.3. The number of hydrogen-bond donors (Lipinski definition) is 2. The van der Waals surface area contributed by atoms with Crippen LogP contribution in [0.2, 0.25) is 0 Å². The SMILES string of the molecule is CC(C)(C)c1ccc(CC(Cc2ccc(C(=O)CCCS(=O)(=O)O)cc2)C(=O)Nc2ccc(-c3cc4ccccc4o3)cc2F)cc1. The normalized spacial score (nSPS) is 12.6. The van der Waals surface area contributed by atoms with E-state index in [1.54, 1.807) is 30.3 Å². The molecule has 0 saturated carbocycles. The van der Waals surface area contributed by atoms with Crippen LogP contribution in [0.25, 0.3) is 22.3 Å². The van der Waals surface area contributed by atoms with E-state index in [1.165, 1.54) is 17.7 Å². The van der Waals surface area contributed by atoms with Crippen molar-refractivity contribution in [1.29, 1.82) is 0 Å². The van der Waals surface area contributed by atoms with Crippen molar-refractivity contribution in [3.63, 3.8) is 0 Å². The summed E-state index contributed by atoms with van der Waals surface area (Å²) in [6.07, 6.45) is 0.745. The summed E-state index contributed by atoms with van der Waals surface area (Å²) < 4.78 is 52.1. The van der Waals surface area contributed by atoms with Gasteiger partial charge in [0.25, 0.3) is 10.1 Å². The lowest BCUT2D eigenvalue weighted by Crippen LogP contribution is -2.27. The van der Waals surface area contributed by atoms with Crippen molar-refractivity contribution in [3.05, 3.63) is 125 Å². The van der Waals surface area contributed by atoms with Gasteiger partial charge in [-0.15, -0.1) is 0 Å². The van der Waals surface area contributed by atoms with Crippen LogP contribution in [0.1, 0.15) is 60.7 Å². The molecule has 0 bridgehead atoms. The van der Waals surface area contributed by atoms with Crippen molar-refractivity contribution in [1.82, 2.24) is 0 Å². The third-order valence-corrected chi connectivity index (χ3v) is 8.98. The fraction of sp³-hybridized carbons (Fsp3) is 0.263. The molecule has 47 heavy (non-hydrogen) atoms. The minimum absolute atomic E-state index is 0.0184. The molecule has 1 atom stereocenters. The van der Waals surface area contributed by atoms with Crippen LogP contribution in [0.5, 0.6) is 0 Å². The summed E-state index contributed by atoms with van der Waals surface area (Å²) in [5, 5.41) is 3.70. The fourth-order valence-electron chi connectivity index (χ4n) is 5.48. The second kappa shape index (κ2) is 14.0. The molecule has 0 aliphatic carbocycles. The van der Waals surface area contributed by atoms with Crippen molar-refractivity contribution in [3.8, 4) is 11.3 Å². The zero-order valence-corrected chi connectivity index (χ0v) is 27.4. The third-order valence-electron chi connectivity index (χ3n) is 8.17. The molecule has 4 aromatic carbocycles. The van der Waals surface area contributed by atoms with E-state index >= 15 is 4.39 Å². The van der Waals surface area contributed by atoms with E-state index in [4.69, 9.17) is 8.97 Å². The number of furan rings is 1. The molecule has 0 spiro atoms. The maximum Gasteiger partial charge on any atom is 0.264 e. The maximum atomic E-state index is 15.4. The first-order valence-electron chi connectivity index (χ1n) is 15.5. The average Bonchev–Trinajstić information content (AvgIpc) is 3.46. The van der Waals surface area contributed by atoms with E-state index in [-0.39, 0.29) is 35.6 Å². The Hall–Kier alpha value is -4.60. The van der Waals surface area contributed by atoms with E-state index < -0.39 is 27.6 Å². The third kappa shape index (κ3) is 9.02. The standard InChI is InChI=1S/C38H38FNO6S/c1-38(2,3)31-17-12-26(13-18-31)22-30(21-25-10-14-27(15-11-25)34(41)8-6-20-47(43,44)45)37(42)40-33-19-16-29(23-32(33)39)36-24-28-7-4-5-9-35(28)46-36/h4-5,7,9-19,23-24,30H,6,8,20-22H2,1-3H3,(H,40,42)(H,43,44,45). The highest BCUT2D eigenvalue weighted by Gasteiger charge is 2.23. The van der Waals surface area contributed by atoms with Crippen LogP contribution in [0.3, 0.4) is 0 Å². The van der Waals surface area contributed by atoms with Gasteiger partial charge in [-0.3, -0.25) is 14.1 Å². The number of anilines is 1. The van der Waals surface area contributed by atoms with Crippen molar-refractivity contribution >= 4 is 38.5 Å². The smallest absolute Gasteiger partial charge is 0.264 e. The lowest BCUT2D eigenvalue weighted by molar-refractivity contribution is -0.119. The Bertz CT molecular complexity index is 1960. The van der Waals surface area contributed by atoms with Gasteiger partial charge in [0, 0.05) is 28.9 Å². The molecule has 2 N–H and O–H groups in total. The van der Waals surface area contributed by atoms with Gasteiger partial charge in [-0.05, 0) is 71.7 Å². The number of rotatable bonds is 12. The van der Waals surface area contributed by atoms with E-state index in [2.05, 4.69) is 38.2 Å². The number of fused-ring (bicyclic) bond motifs is 1. The molecule has 7 nitrogen and oxygen atoms in total. The molecule has 1 aromatic heterocycles. The van der Waals surface area contributed by atoms with Crippen LogP contribution in [0.4, 0.5) is 10.1 Å². The van der Waals surface area contributed by atoms with Crippen LogP contribution in [-0.2, 0) is 33.2 Å². The Morgan fingerprint density at radius 1 is 0.872 bits per heavy atom. The molecule has 0 aliphatic rings. The van der Waals surface area contributed by atoms with Crippen molar-refractivity contribution < 1.29 is 31.4 Å². The van der Waals surface area contributed by atoms with E-state index in [9.17, 15) is 18.0 Å². The molecule has 5 rings (SSSR count). The first-order valence-corrected chi connectivity index (χ1v) is 17.1. The number of nitrogens with one attached hydrogen (secondary N) is 1. The van der Waals surface area contributed by atoms with Gasteiger partial charge in [0.1, 0.15) is 17.2 Å². The Morgan fingerprint density at radius 3 is 2.11 bits per heavy atom. The molecule has 5 aromatic rings. The number of para-hydroxylation sites is 1. The number of halogens is 1. The van der Waals surface area contributed by atoms with Gasteiger partial charge in [0.2, 0.25) is 5.91 Å². The van der Waals surface area contributed by atoms with Crippen molar-refractivity contribution in [2.45, 2.75) is 51.9 Å². The van der Waals surface area contributed by atoms with Gasteiger partial charge in [-0.2, -0.15) is 8.42 Å². The maximum absolute atomic E-state index is 15.4. The van der Waals surface area contributed by atoms with E-state index in [0.717, 1.165) is 16.5 Å². The summed E-state index contributed by atoms with van der Waals surface area (Å²) in [5.74, 6) is -1.67. The van der Waals surface area contributed by atoms with Crippen molar-refractivity contribution in [2.75, 3.05) is 11.1 Å². The zero-order valence-electron chi connectivity index (χ0n) is 26.6. The Labute approximate surface area is 274 Å². The van der Waals surface area contributed by atoms with Crippen LogP contribution in [-0.4, -0.2) is 30.4 Å². The van der Waals surface area contributed by atoms with Crippen LogP contribution >= 0.6 is 0 Å². The van der Waals surface area contributed by atoms with Crippen LogP contribution in [0, 0.1) is 11.7 Å². The molecule has 244 valence electrons. The Balaban J connectivity index is 1.33. The predicted molar refractivity (Wildman–Crippen MR) is 183 cm³/mol. The molecule has 0 fully saturated rings. The molecule has 1 unspecified atom stereocenters. The molecule has 0 aliphatic heterocycles. The predicted octanol–water partition coefficient (Wildman–Crippen LogP) is 8.43. The summed E-state index contributed by atoms with van der Waals surface area (Å²) in [6, 6.07) is 28.9. The number of hydrogen-bond acceptors (Lipinski definition) is 5. The Kier molecular flexibility index (Phi) is 10.1. The summed E-state index contributed by atoms with van der Waals surface area (Å²) in [7, 11) is -4.13. The number of carbonyl (C=O) groups excluding carboxylic acids is 2. The summed E-state index contributed by atoms with van der Waals surface area (Å²) in [6.45, 7) is 6.40. The first kappa shape index (κ1) is 33.8. The van der Waals surface area contributed by atoms with Gasteiger partial charge < -0.3 is 9.73 Å². The van der Waals surface area contributed by atoms with Crippen molar-refractivity contribution in [2.24, 2.45) is 5.92 Å². The highest BCUT2D eigenvalue weighted by Crippen LogP contribution is 2.30. The fourth-order valence-corrected chi connectivity index (χ4v) is 5.99. The molecular formula is C38H38FNO6S. The Morgan fingerprint density at radius 2 is 1.51 bits per heavy atom. The van der Waals surface area contributed by atoms with E-state index in [0.29, 0.717) is 35.3 Å². The number of ketones is 1. The highest BCUT2D eigenvalue weighted by atomic mass is 32.2. The monoisotopic (exact) mass is 655 g/mol. The van der Waals surface area contributed by atoms with Gasteiger partial charge in [-0.1, -0.05) is 87.5 Å². The molecule has 0 saturated heterocycles. The van der Waals surface area contributed by atoms with Gasteiger partial charge >= 0.3 is 0 Å². The molecular weight excluding hydrogens is 617 g/mol. The van der Waals surface area contributed by atoms with E-state index in [1.807, 2.05) is 42.5 Å². The van der Waals surface area contributed by atoms with Crippen LogP contribution in [0.15, 0.2) is 101 Å². The quantitative estimate of drug-likeness (QED) is 0.103. The molecule has 0 radical (unpaired) electrons. The summed E-state index contributed by atoms with van der Waals surface area (Å²) in [5.41, 5.74) is 4.66. The minimum atomic E-state index is -4.13. The minimum Gasteiger partial charge on any atom is -0.456 e. The molecule has 1 heterocycles. The number of benzene rings is 4. The lowest BCUT2D eigenvalue weighted by Gasteiger charge is -2.21. The topological polar surface area (TPSA) is 114 Å². The second-order valence-electron chi connectivity index (χ2n) is 12.9.